The van der Waals surface area contributed by atoms with E-state index in [9.17, 15) is 0 Å². The van der Waals surface area contributed by atoms with E-state index in [1.807, 2.05) is 36.4 Å². The molecule has 0 aliphatic carbocycles. The minimum absolute atomic E-state index is 0.151. The van der Waals surface area contributed by atoms with Crippen LogP contribution in [0.5, 0.6) is 0 Å². The fraction of sp³-hybridized carbons (Fsp3) is 0.0444. The molecule has 238 valence electrons. The van der Waals surface area contributed by atoms with Crippen LogP contribution in [-0.2, 0) is 0 Å². The topological polar surface area (TPSA) is 62.7 Å². The molecule has 0 amide bonds. The van der Waals surface area contributed by atoms with Crippen LogP contribution in [0.2, 0.25) is 0 Å². The molecule has 1 aliphatic rings. The molecule has 10 rings (SSSR count). The van der Waals surface area contributed by atoms with Crippen LogP contribution < -0.4 is 10.6 Å². The molecular weight excluding hydrogens is 615 g/mol. The average Bonchev–Trinajstić information content (AvgIpc) is 3.77. The van der Waals surface area contributed by atoms with Crippen LogP contribution in [0.4, 0.5) is 0 Å². The number of benzene rings is 7. The van der Waals surface area contributed by atoms with E-state index in [0.717, 1.165) is 88.7 Å². The zero-order valence-corrected chi connectivity index (χ0v) is 27.0. The van der Waals surface area contributed by atoms with Gasteiger partial charge in [0, 0.05) is 38.2 Å². The molecule has 1 aliphatic heterocycles. The highest BCUT2D eigenvalue weighted by atomic mass is 16.3. The third-order valence-corrected chi connectivity index (χ3v) is 9.79. The maximum Gasteiger partial charge on any atom is 0.144 e. The van der Waals surface area contributed by atoms with E-state index in [1.54, 1.807) is 0 Å². The van der Waals surface area contributed by atoms with Crippen molar-refractivity contribution in [2.75, 3.05) is 0 Å². The van der Waals surface area contributed by atoms with Gasteiger partial charge < -0.3 is 14.2 Å². The Morgan fingerprint density at radius 1 is 0.460 bits per heavy atom. The molecule has 50 heavy (non-hydrogen) atoms. The lowest BCUT2D eigenvalue weighted by atomic mass is 9.96. The number of nitrogens with one attached hydrogen (secondary N) is 2. The van der Waals surface area contributed by atoms with Crippen molar-refractivity contribution in [3.63, 3.8) is 0 Å². The first-order chi connectivity index (χ1) is 24.8. The lowest BCUT2D eigenvalue weighted by Gasteiger charge is -2.32. The largest absolute Gasteiger partial charge is 0.456 e. The molecule has 0 fully saturated rings. The SMILES string of the molecule is c1ccc(-c2ccc(C3=NC(c4ccccc4)NC(c4ccccc4)N3)c3c2oc2c(-c4ccc5c(c4)oc4ccccc45)cccc23)cc1. The molecule has 5 nitrogen and oxygen atoms in total. The highest BCUT2D eigenvalue weighted by Crippen LogP contribution is 2.43. The molecule has 2 atom stereocenters. The summed E-state index contributed by atoms with van der Waals surface area (Å²) in [6.45, 7) is 0. The van der Waals surface area contributed by atoms with Crippen molar-refractivity contribution in [2.45, 2.75) is 12.3 Å². The third-order valence-electron chi connectivity index (χ3n) is 9.79. The van der Waals surface area contributed by atoms with Gasteiger partial charge in [0.2, 0.25) is 0 Å². The quantitative estimate of drug-likeness (QED) is 0.195. The van der Waals surface area contributed by atoms with Crippen LogP contribution in [0.1, 0.15) is 29.0 Å². The second-order valence-electron chi connectivity index (χ2n) is 12.8. The molecule has 0 bridgehead atoms. The first-order valence-electron chi connectivity index (χ1n) is 16.9. The van der Waals surface area contributed by atoms with Gasteiger partial charge in [0.15, 0.2) is 0 Å². The van der Waals surface area contributed by atoms with Crippen molar-refractivity contribution in [3.05, 3.63) is 180 Å². The number of fused-ring (bicyclic) bond motifs is 6. The van der Waals surface area contributed by atoms with Gasteiger partial charge in [0.1, 0.15) is 40.5 Å². The Balaban J connectivity index is 1.20. The molecule has 7 aromatic carbocycles. The molecule has 9 aromatic rings. The predicted molar refractivity (Wildman–Crippen MR) is 203 cm³/mol. The van der Waals surface area contributed by atoms with Crippen molar-refractivity contribution in [3.8, 4) is 22.3 Å². The summed E-state index contributed by atoms with van der Waals surface area (Å²) in [5.74, 6) is 0.813. The molecule has 0 saturated carbocycles. The van der Waals surface area contributed by atoms with Crippen LogP contribution in [0.3, 0.4) is 0 Å². The van der Waals surface area contributed by atoms with Gasteiger partial charge in [-0.15, -0.1) is 0 Å². The predicted octanol–water partition coefficient (Wildman–Crippen LogP) is 11.2. The number of furan rings is 2. The van der Waals surface area contributed by atoms with Gasteiger partial charge in [0.05, 0.1) is 0 Å². The summed E-state index contributed by atoms with van der Waals surface area (Å²) >= 11 is 0. The third kappa shape index (κ3) is 4.71. The highest BCUT2D eigenvalue weighted by Gasteiger charge is 2.28. The number of nitrogens with zero attached hydrogens (tertiary/aromatic N) is 1. The number of aliphatic imine (C=N–C) groups is 1. The molecule has 0 spiro atoms. The minimum Gasteiger partial charge on any atom is -0.456 e. The van der Waals surface area contributed by atoms with E-state index >= 15 is 0 Å². The Labute approximate surface area is 288 Å². The van der Waals surface area contributed by atoms with Gasteiger partial charge in [0.25, 0.3) is 0 Å². The smallest absolute Gasteiger partial charge is 0.144 e. The fourth-order valence-corrected chi connectivity index (χ4v) is 7.38. The molecule has 0 radical (unpaired) electrons. The Bertz CT molecular complexity index is 2710. The van der Waals surface area contributed by atoms with Gasteiger partial charge >= 0.3 is 0 Å². The van der Waals surface area contributed by atoms with E-state index in [2.05, 4.69) is 138 Å². The monoisotopic (exact) mass is 645 g/mol. The van der Waals surface area contributed by atoms with Crippen molar-refractivity contribution in [1.82, 2.24) is 10.6 Å². The van der Waals surface area contributed by atoms with Crippen molar-refractivity contribution >= 4 is 49.7 Å². The molecule has 2 aromatic heterocycles. The van der Waals surface area contributed by atoms with Gasteiger partial charge in [-0.05, 0) is 52.6 Å². The van der Waals surface area contributed by atoms with Gasteiger partial charge in [-0.1, -0.05) is 133 Å². The summed E-state index contributed by atoms with van der Waals surface area (Å²) in [6.07, 6.45) is -0.396. The van der Waals surface area contributed by atoms with E-state index in [0.29, 0.717) is 0 Å². The van der Waals surface area contributed by atoms with Crippen molar-refractivity contribution < 1.29 is 8.83 Å². The maximum absolute atomic E-state index is 7.02. The molecule has 2 N–H and O–H groups in total. The second-order valence-corrected chi connectivity index (χ2v) is 12.8. The summed E-state index contributed by atoms with van der Waals surface area (Å²) in [5.41, 5.74) is 10.8. The van der Waals surface area contributed by atoms with Gasteiger partial charge in [-0.2, -0.15) is 0 Å². The first-order valence-corrected chi connectivity index (χ1v) is 16.9. The summed E-state index contributed by atoms with van der Waals surface area (Å²) in [5, 5.41) is 11.8. The summed E-state index contributed by atoms with van der Waals surface area (Å²) in [6, 6.07) is 56.7. The summed E-state index contributed by atoms with van der Waals surface area (Å²) in [7, 11) is 0. The number of rotatable bonds is 5. The second kappa shape index (κ2) is 11.6. The number of hydrogen-bond donors (Lipinski definition) is 2. The highest BCUT2D eigenvalue weighted by molar-refractivity contribution is 6.22. The van der Waals surface area contributed by atoms with Crippen LogP contribution in [0, 0.1) is 0 Å². The normalized spacial score (nSPS) is 16.2. The summed E-state index contributed by atoms with van der Waals surface area (Å²) in [4.78, 5) is 5.31. The van der Waals surface area contributed by atoms with Crippen LogP contribution >= 0.6 is 0 Å². The van der Waals surface area contributed by atoms with E-state index in [4.69, 9.17) is 13.8 Å². The molecular formula is C45H31N3O2. The fourth-order valence-electron chi connectivity index (χ4n) is 7.38. The Morgan fingerprint density at radius 3 is 1.94 bits per heavy atom. The standard InChI is InChI=1S/C45H31N3O2/c1-4-13-28(14-5-1)33-25-26-37(45-47-43(29-15-6-2-7-16-29)46-44(48-45)30-17-8-3-9-18-30)40-36-21-12-20-32(41(36)50-42(33)40)31-23-24-35-34-19-10-11-22-38(34)49-39(35)27-31/h1-27,43-44,46H,(H,47,48). The average molecular weight is 646 g/mol. The lowest BCUT2D eigenvalue weighted by molar-refractivity contribution is 0.409. The number of amidine groups is 1. The zero-order chi connectivity index (χ0) is 33.0. The minimum atomic E-state index is -0.245. The van der Waals surface area contributed by atoms with Gasteiger partial charge in [-0.25, -0.2) is 4.99 Å². The van der Waals surface area contributed by atoms with E-state index < -0.39 is 0 Å². The van der Waals surface area contributed by atoms with E-state index in [-0.39, 0.29) is 12.3 Å². The van der Waals surface area contributed by atoms with Crippen molar-refractivity contribution in [1.29, 1.82) is 0 Å². The molecule has 0 saturated heterocycles. The van der Waals surface area contributed by atoms with Gasteiger partial charge in [-0.3, -0.25) is 5.32 Å². The number of hydrogen-bond acceptors (Lipinski definition) is 5. The number of para-hydroxylation sites is 2. The molecule has 3 heterocycles. The zero-order valence-electron chi connectivity index (χ0n) is 27.0. The molecule has 2 unspecified atom stereocenters. The first kappa shape index (κ1) is 28.6. The maximum atomic E-state index is 7.02. The molecule has 5 heteroatoms. The van der Waals surface area contributed by atoms with Crippen LogP contribution in [-0.4, -0.2) is 5.84 Å². The Kier molecular flexibility index (Phi) is 6.64. The van der Waals surface area contributed by atoms with Crippen LogP contribution in [0.25, 0.3) is 66.1 Å². The Hall–Kier alpha value is -6.43. The van der Waals surface area contributed by atoms with Crippen LogP contribution in [0.15, 0.2) is 178 Å². The van der Waals surface area contributed by atoms with E-state index in [1.165, 1.54) is 0 Å². The Morgan fingerprint density at radius 2 is 1.12 bits per heavy atom. The lowest BCUT2D eigenvalue weighted by Crippen LogP contribution is -2.45. The summed E-state index contributed by atoms with van der Waals surface area (Å²) < 4.78 is 13.3. The van der Waals surface area contributed by atoms with Crippen molar-refractivity contribution in [2.24, 2.45) is 4.99 Å².